The van der Waals surface area contributed by atoms with E-state index in [1.165, 1.54) is 25.9 Å². The van der Waals surface area contributed by atoms with Crippen molar-refractivity contribution < 1.29 is 4.74 Å². The molecule has 0 amide bonds. The van der Waals surface area contributed by atoms with Crippen molar-refractivity contribution in [3.8, 4) is 0 Å². The molecule has 0 aromatic rings. The van der Waals surface area contributed by atoms with Gasteiger partial charge >= 0.3 is 0 Å². The lowest BCUT2D eigenvalue weighted by atomic mass is 10.1. The maximum absolute atomic E-state index is 5.42. The van der Waals surface area contributed by atoms with Crippen molar-refractivity contribution in [1.82, 2.24) is 5.32 Å². The molecule has 0 aromatic heterocycles. The summed E-state index contributed by atoms with van der Waals surface area (Å²) in [5.74, 6) is 0.857. The minimum atomic E-state index is 0.774. The van der Waals surface area contributed by atoms with Gasteiger partial charge in [-0.05, 0) is 38.8 Å². The van der Waals surface area contributed by atoms with Gasteiger partial charge in [-0.25, -0.2) is 0 Å². The number of allylic oxidation sites excluding steroid dienone is 1. The van der Waals surface area contributed by atoms with Crippen LogP contribution in [0.3, 0.4) is 0 Å². The molecule has 70 valence electrons. The first-order valence-electron chi connectivity index (χ1n) is 4.83. The van der Waals surface area contributed by atoms with Crippen LogP contribution in [0, 0.1) is 5.92 Å². The lowest BCUT2D eigenvalue weighted by molar-refractivity contribution is 0.147. The van der Waals surface area contributed by atoms with Crippen LogP contribution in [0.15, 0.2) is 12.2 Å². The molecule has 1 aliphatic heterocycles. The van der Waals surface area contributed by atoms with E-state index in [9.17, 15) is 0 Å². The molecule has 2 heteroatoms. The first kappa shape index (κ1) is 9.75. The molecule has 0 radical (unpaired) electrons. The number of rotatable bonds is 5. The number of hydrogen-bond acceptors (Lipinski definition) is 2. The van der Waals surface area contributed by atoms with E-state index in [1.807, 2.05) is 19.1 Å². The van der Waals surface area contributed by atoms with Crippen molar-refractivity contribution in [3.05, 3.63) is 12.2 Å². The molecule has 1 aliphatic rings. The molecule has 0 spiro atoms. The predicted octanol–water partition coefficient (Wildman–Crippen LogP) is 1.58. The highest BCUT2D eigenvalue weighted by atomic mass is 16.5. The quantitative estimate of drug-likeness (QED) is 0.498. The van der Waals surface area contributed by atoms with Crippen molar-refractivity contribution in [2.24, 2.45) is 5.92 Å². The Balaban J connectivity index is 1.87. The minimum Gasteiger partial charge on any atom is -0.377 e. The summed E-state index contributed by atoms with van der Waals surface area (Å²) >= 11 is 0. The SMILES string of the molecule is C/C=C/COCCC1CCNC1. The van der Waals surface area contributed by atoms with Crippen molar-refractivity contribution in [2.45, 2.75) is 19.8 Å². The highest BCUT2D eigenvalue weighted by Crippen LogP contribution is 2.11. The van der Waals surface area contributed by atoms with E-state index in [2.05, 4.69) is 5.32 Å². The molecule has 0 saturated carbocycles. The van der Waals surface area contributed by atoms with Crippen molar-refractivity contribution >= 4 is 0 Å². The van der Waals surface area contributed by atoms with Gasteiger partial charge in [0, 0.05) is 6.61 Å². The molecular formula is C10H19NO. The van der Waals surface area contributed by atoms with E-state index in [0.29, 0.717) is 0 Å². The van der Waals surface area contributed by atoms with Gasteiger partial charge in [0.05, 0.1) is 6.61 Å². The zero-order valence-electron chi connectivity index (χ0n) is 7.88. The molecular weight excluding hydrogens is 150 g/mol. The molecule has 1 atom stereocenters. The van der Waals surface area contributed by atoms with Crippen molar-refractivity contribution in [2.75, 3.05) is 26.3 Å². The smallest absolute Gasteiger partial charge is 0.0647 e. The van der Waals surface area contributed by atoms with Crippen molar-refractivity contribution in [1.29, 1.82) is 0 Å². The second-order valence-corrected chi connectivity index (χ2v) is 3.29. The lowest BCUT2D eigenvalue weighted by Crippen LogP contribution is -2.10. The Morgan fingerprint density at radius 2 is 2.50 bits per heavy atom. The fraction of sp³-hybridized carbons (Fsp3) is 0.800. The van der Waals surface area contributed by atoms with Crippen LogP contribution in [0.1, 0.15) is 19.8 Å². The average Bonchev–Trinajstić information content (AvgIpc) is 2.57. The Labute approximate surface area is 75.0 Å². The number of ether oxygens (including phenoxy) is 1. The first-order chi connectivity index (χ1) is 5.93. The monoisotopic (exact) mass is 169 g/mol. The Kier molecular flexibility index (Phi) is 5.04. The van der Waals surface area contributed by atoms with Crippen molar-refractivity contribution in [3.63, 3.8) is 0 Å². The van der Waals surface area contributed by atoms with E-state index < -0.39 is 0 Å². The van der Waals surface area contributed by atoms with Gasteiger partial charge in [-0.1, -0.05) is 12.2 Å². The minimum absolute atomic E-state index is 0.774. The van der Waals surface area contributed by atoms with Crippen LogP contribution in [-0.4, -0.2) is 26.3 Å². The van der Waals surface area contributed by atoms with Gasteiger partial charge in [0.25, 0.3) is 0 Å². The topological polar surface area (TPSA) is 21.3 Å². The standard InChI is InChI=1S/C10H19NO/c1-2-3-7-12-8-5-10-4-6-11-9-10/h2-3,10-11H,4-9H2,1H3/b3-2+. The van der Waals surface area contributed by atoms with Gasteiger partial charge in [0.2, 0.25) is 0 Å². The van der Waals surface area contributed by atoms with Gasteiger partial charge in [-0.15, -0.1) is 0 Å². The lowest BCUT2D eigenvalue weighted by Gasteiger charge is -2.06. The van der Waals surface area contributed by atoms with Gasteiger partial charge < -0.3 is 10.1 Å². The Hall–Kier alpha value is -0.340. The molecule has 1 fully saturated rings. The van der Waals surface area contributed by atoms with Gasteiger partial charge in [0.1, 0.15) is 0 Å². The van der Waals surface area contributed by atoms with Crippen LogP contribution in [0.5, 0.6) is 0 Å². The third-order valence-electron chi connectivity index (χ3n) is 2.28. The molecule has 12 heavy (non-hydrogen) atoms. The maximum Gasteiger partial charge on any atom is 0.0647 e. The number of hydrogen-bond donors (Lipinski definition) is 1. The van der Waals surface area contributed by atoms with Crippen LogP contribution < -0.4 is 5.32 Å². The molecule has 0 aliphatic carbocycles. The van der Waals surface area contributed by atoms with Crippen LogP contribution in [-0.2, 0) is 4.74 Å². The predicted molar refractivity (Wildman–Crippen MR) is 51.2 cm³/mol. The zero-order chi connectivity index (χ0) is 8.65. The van der Waals surface area contributed by atoms with Crippen LogP contribution in [0.25, 0.3) is 0 Å². The van der Waals surface area contributed by atoms with E-state index in [-0.39, 0.29) is 0 Å². The summed E-state index contributed by atoms with van der Waals surface area (Å²) in [4.78, 5) is 0. The first-order valence-corrected chi connectivity index (χ1v) is 4.83. The average molecular weight is 169 g/mol. The third-order valence-corrected chi connectivity index (χ3v) is 2.28. The molecule has 0 aromatic carbocycles. The van der Waals surface area contributed by atoms with E-state index in [4.69, 9.17) is 4.74 Å². The molecule has 2 nitrogen and oxygen atoms in total. The molecule has 1 rings (SSSR count). The summed E-state index contributed by atoms with van der Waals surface area (Å²) in [6, 6.07) is 0. The largest absolute Gasteiger partial charge is 0.377 e. The van der Waals surface area contributed by atoms with E-state index >= 15 is 0 Å². The molecule has 1 unspecified atom stereocenters. The summed E-state index contributed by atoms with van der Waals surface area (Å²) in [7, 11) is 0. The fourth-order valence-electron chi connectivity index (χ4n) is 1.46. The van der Waals surface area contributed by atoms with Gasteiger partial charge in [-0.2, -0.15) is 0 Å². The highest BCUT2D eigenvalue weighted by molar-refractivity contribution is 4.76. The molecule has 0 bridgehead atoms. The van der Waals surface area contributed by atoms with E-state index in [0.717, 1.165) is 19.1 Å². The van der Waals surface area contributed by atoms with Gasteiger partial charge in [-0.3, -0.25) is 0 Å². The third kappa shape index (κ3) is 3.88. The summed E-state index contributed by atoms with van der Waals surface area (Å²) < 4.78 is 5.42. The normalized spacial score (nSPS) is 23.9. The van der Waals surface area contributed by atoms with Crippen LogP contribution in [0.4, 0.5) is 0 Å². The molecule has 1 N–H and O–H groups in total. The second kappa shape index (κ2) is 6.21. The zero-order valence-corrected chi connectivity index (χ0v) is 7.88. The highest BCUT2D eigenvalue weighted by Gasteiger charge is 2.13. The summed E-state index contributed by atoms with van der Waals surface area (Å²) in [6.07, 6.45) is 6.61. The Morgan fingerprint density at radius 3 is 3.17 bits per heavy atom. The Bertz CT molecular complexity index is 128. The summed E-state index contributed by atoms with van der Waals surface area (Å²) in [5.41, 5.74) is 0. The van der Waals surface area contributed by atoms with E-state index in [1.54, 1.807) is 0 Å². The van der Waals surface area contributed by atoms with Crippen LogP contribution in [0.2, 0.25) is 0 Å². The van der Waals surface area contributed by atoms with Crippen LogP contribution >= 0.6 is 0 Å². The summed E-state index contributed by atoms with van der Waals surface area (Å²) in [6.45, 7) is 6.09. The van der Waals surface area contributed by atoms with Gasteiger partial charge in [0.15, 0.2) is 0 Å². The Morgan fingerprint density at radius 1 is 1.58 bits per heavy atom. The molecule has 1 saturated heterocycles. The fourth-order valence-corrected chi connectivity index (χ4v) is 1.46. The summed E-state index contributed by atoms with van der Waals surface area (Å²) in [5, 5.41) is 3.35. The second-order valence-electron chi connectivity index (χ2n) is 3.29. The maximum atomic E-state index is 5.42. The molecule has 1 heterocycles. The number of nitrogens with one attached hydrogen (secondary N) is 1.